The van der Waals surface area contributed by atoms with E-state index in [1.807, 2.05) is 0 Å². The summed E-state index contributed by atoms with van der Waals surface area (Å²) in [6, 6.07) is 4.21. The molecule has 1 aromatic carbocycles. The molecule has 0 spiro atoms. The van der Waals surface area contributed by atoms with Crippen molar-refractivity contribution in [2.75, 3.05) is 19.7 Å². The predicted octanol–water partition coefficient (Wildman–Crippen LogP) is 1.01. The minimum absolute atomic E-state index is 0. The third kappa shape index (κ3) is 3.15. The second-order valence-electron chi connectivity index (χ2n) is 3.66. The fraction of sp³-hybridized carbons (Fsp3) is 0.364. The fourth-order valence-corrected chi connectivity index (χ4v) is 1.71. The van der Waals surface area contributed by atoms with Crippen LogP contribution in [-0.4, -0.2) is 25.6 Å². The van der Waals surface area contributed by atoms with Crippen molar-refractivity contribution in [3.05, 3.63) is 35.1 Å². The first kappa shape index (κ1) is 13.9. The van der Waals surface area contributed by atoms with Crippen LogP contribution in [0, 0.1) is 5.82 Å². The van der Waals surface area contributed by atoms with Crippen LogP contribution in [0.4, 0.5) is 4.39 Å². The van der Waals surface area contributed by atoms with Crippen LogP contribution in [0.1, 0.15) is 22.0 Å². The first-order chi connectivity index (χ1) is 7.68. The molecule has 1 aliphatic rings. The molecule has 0 aromatic heterocycles. The molecule has 94 valence electrons. The average Bonchev–Trinajstić information content (AvgIpc) is 2.30. The minimum atomic E-state index is -0.631. The molecule has 0 radical (unpaired) electrons. The lowest BCUT2D eigenvalue weighted by Crippen LogP contribution is -2.33. The molecule has 4 nitrogen and oxygen atoms in total. The number of nitrogens with two attached hydrogens (primary N) is 1. The lowest BCUT2D eigenvalue weighted by Gasteiger charge is -2.24. The predicted molar refractivity (Wildman–Crippen MR) is 63.7 cm³/mol. The van der Waals surface area contributed by atoms with Crippen LogP contribution in [0.15, 0.2) is 18.2 Å². The molecular formula is C11H14ClFN2O2. The molecule has 17 heavy (non-hydrogen) atoms. The molecule has 1 aliphatic heterocycles. The van der Waals surface area contributed by atoms with E-state index in [4.69, 9.17) is 10.5 Å². The molecule has 1 saturated heterocycles. The van der Waals surface area contributed by atoms with Crippen LogP contribution >= 0.6 is 12.4 Å². The molecule has 2 rings (SSSR count). The number of ether oxygens (including phenoxy) is 1. The Hall–Kier alpha value is -1.17. The fourth-order valence-electron chi connectivity index (χ4n) is 1.71. The molecule has 6 heteroatoms. The number of halogens is 2. The number of benzene rings is 1. The normalized spacial score (nSPS) is 19.5. The largest absolute Gasteiger partial charge is 0.371 e. The van der Waals surface area contributed by atoms with Gasteiger partial charge in [0.15, 0.2) is 0 Å². The van der Waals surface area contributed by atoms with E-state index >= 15 is 0 Å². The minimum Gasteiger partial charge on any atom is -0.371 e. The highest BCUT2D eigenvalue weighted by atomic mass is 35.5. The summed E-state index contributed by atoms with van der Waals surface area (Å²) in [5.41, 5.74) is 5.69. The number of rotatable bonds is 2. The highest BCUT2D eigenvalue weighted by Crippen LogP contribution is 2.22. The summed E-state index contributed by atoms with van der Waals surface area (Å²) >= 11 is 0. The van der Waals surface area contributed by atoms with Crippen molar-refractivity contribution in [2.24, 2.45) is 5.73 Å². The molecule has 1 atom stereocenters. The third-order valence-corrected chi connectivity index (χ3v) is 2.56. The van der Waals surface area contributed by atoms with Crippen molar-refractivity contribution in [3.8, 4) is 0 Å². The highest BCUT2D eigenvalue weighted by Gasteiger charge is 2.19. The van der Waals surface area contributed by atoms with Crippen LogP contribution in [-0.2, 0) is 4.74 Å². The van der Waals surface area contributed by atoms with Gasteiger partial charge in [-0.05, 0) is 12.1 Å². The van der Waals surface area contributed by atoms with Gasteiger partial charge in [-0.25, -0.2) is 4.39 Å². The Kier molecular flexibility index (Phi) is 4.86. The van der Waals surface area contributed by atoms with Gasteiger partial charge in [0.1, 0.15) is 5.82 Å². The maximum Gasteiger partial charge on any atom is 0.248 e. The van der Waals surface area contributed by atoms with Gasteiger partial charge in [-0.3, -0.25) is 4.79 Å². The van der Waals surface area contributed by atoms with E-state index in [0.29, 0.717) is 18.7 Å². The number of nitrogens with one attached hydrogen (secondary N) is 1. The van der Waals surface area contributed by atoms with Crippen LogP contribution in [0.2, 0.25) is 0 Å². The van der Waals surface area contributed by atoms with Crippen molar-refractivity contribution >= 4 is 18.3 Å². The molecule has 1 unspecified atom stereocenters. The van der Waals surface area contributed by atoms with E-state index in [2.05, 4.69) is 5.32 Å². The summed E-state index contributed by atoms with van der Waals surface area (Å²) in [5.74, 6) is -1.09. The molecule has 0 saturated carbocycles. The Morgan fingerprint density at radius 1 is 1.53 bits per heavy atom. The van der Waals surface area contributed by atoms with E-state index in [1.165, 1.54) is 6.07 Å². The van der Waals surface area contributed by atoms with Gasteiger partial charge in [-0.15, -0.1) is 12.4 Å². The van der Waals surface area contributed by atoms with E-state index in [-0.39, 0.29) is 24.1 Å². The summed E-state index contributed by atoms with van der Waals surface area (Å²) in [6.45, 7) is 1.91. The highest BCUT2D eigenvalue weighted by molar-refractivity contribution is 5.92. The number of amides is 1. The Labute approximate surface area is 105 Å². The first-order valence-electron chi connectivity index (χ1n) is 5.10. The van der Waals surface area contributed by atoms with Gasteiger partial charge in [-0.2, -0.15) is 0 Å². The molecule has 1 fully saturated rings. The average molecular weight is 261 g/mol. The maximum atomic E-state index is 13.7. The number of hydrogen-bond donors (Lipinski definition) is 2. The number of primary amides is 1. The SMILES string of the molecule is Cl.NC(=O)c1ccc(C2CNCCO2)c(F)c1. The van der Waals surface area contributed by atoms with Crippen LogP contribution in [0.25, 0.3) is 0 Å². The van der Waals surface area contributed by atoms with E-state index in [0.717, 1.165) is 12.6 Å². The van der Waals surface area contributed by atoms with Crippen molar-refractivity contribution in [3.63, 3.8) is 0 Å². The van der Waals surface area contributed by atoms with E-state index in [9.17, 15) is 9.18 Å². The molecule has 1 aromatic rings. The molecule has 0 aliphatic carbocycles. The van der Waals surface area contributed by atoms with Gasteiger partial charge < -0.3 is 15.8 Å². The second kappa shape index (κ2) is 5.95. The van der Waals surface area contributed by atoms with Crippen LogP contribution < -0.4 is 11.1 Å². The summed E-state index contributed by atoms with van der Waals surface area (Å²) in [4.78, 5) is 10.9. The lowest BCUT2D eigenvalue weighted by molar-refractivity contribution is 0.0255. The van der Waals surface area contributed by atoms with Gasteiger partial charge >= 0.3 is 0 Å². The first-order valence-corrected chi connectivity index (χ1v) is 5.10. The summed E-state index contributed by atoms with van der Waals surface area (Å²) in [6.07, 6.45) is -0.296. The number of morpholine rings is 1. The summed E-state index contributed by atoms with van der Waals surface area (Å²) < 4.78 is 19.1. The molecule has 0 bridgehead atoms. The van der Waals surface area contributed by atoms with Crippen molar-refractivity contribution < 1.29 is 13.9 Å². The monoisotopic (exact) mass is 260 g/mol. The summed E-state index contributed by atoms with van der Waals surface area (Å²) in [7, 11) is 0. The van der Waals surface area contributed by atoms with Gasteiger partial charge in [-0.1, -0.05) is 6.07 Å². The number of hydrogen-bond acceptors (Lipinski definition) is 3. The van der Waals surface area contributed by atoms with Crippen LogP contribution in [0.5, 0.6) is 0 Å². The Balaban J connectivity index is 0.00000144. The smallest absolute Gasteiger partial charge is 0.248 e. The third-order valence-electron chi connectivity index (χ3n) is 2.56. The Bertz CT molecular complexity index is 408. The quantitative estimate of drug-likeness (QED) is 0.834. The van der Waals surface area contributed by atoms with E-state index in [1.54, 1.807) is 6.07 Å². The van der Waals surface area contributed by atoms with Gasteiger partial charge in [0.2, 0.25) is 5.91 Å². The topological polar surface area (TPSA) is 64.4 Å². The number of carbonyl (C=O) groups is 1. The second-order valence-corrected chi connectivity index (χ2v) is 3.66. The summed E-state index contributed by atoms with van der Waals surface area (Å²) in [5, 5.41) is 3.11. The zero-order chi connectivity index (χ0) is 11.5. The van der Waals surface area contributed by atoms with E-state index < -0.39 is 11.7 Å². The van der Waals surface area contributed by atoms with Crippen molar-refractivity contribution in [2.45, 2.75) is 6.10 Å². The van der Waals surface area contributed by atoms with Crippen molar-refractivity contribution in [1.29, 1.82) is 0 Å². The Morgan fingerprint density at radius 2 is 2.29 bits per heavy atom. The lowest BCUT2D eigenvalue weighted by atomic mass is 10.0. The van der Waals surface area contributed by atoms with Gasteiger partial charge in [0, 0.05) is 24.2 Å². The van der Waals surface area contributed by atoms with Crippen molar-refractivity contribution in [1.82, 2.24) is 5.32 Å². The van der Waals surface area contributed by atoms with Gasteiger partial charge in [0.05, 0.1) is 12.7 Å². The maximum absolute atomic E-state index is 13.7. The zero-order valence-electron chi connectivity index (χ0n) is 9.11. The van der Waals surface area contributed by atoms with Crippen LogP contribution in [0.3, 0.4) is 0 Å². The number of carbonyl (C=O) groups excluding carboxylic acids is 1. The molecule has 1 amide bonds. The molecular weight excluding hydrogens is 247 g/mol. The van der Waals surface area contributed by atoms with Gasteiger partial charge in [0.25, 0.3) is 0 Å². The Morgan fingerprint density at radius 3 is 2.82 bits per heavy atom. The zero-order valence-corrected chi connectivity index (χ0v) is 9.93. The molecule has 1 heterocycles. The standard InChI is InChI=1S/C11H13FN2O2.ClH/c12-9-5-7(11(13)15)1-2-8(9)10-6-14-3-4-16-10;/h1-2,5,10,14H,3-4,6H2,(H2,13,15);1H. The molecule has 3 N–H and O–H groups in total.